The topological polar surface area (TPSA) is 69.3 Å². The molecule has 2 aromatic carbocycles. The van der Waals surface area contributed by atoms with E-state index >= 15 is 0 Å². The zero-order chi connectivity index (χ0) is 22.4. The number of pyridine rings is 1. The smallest absolute Gasteiger partial charge is 0.269 e. The molecule has 5 rings (SSSR count). The van der Waals surface area contributed by atoms with E-state index in [-0.39, 0.29) is 17.7 Å². The molecule has 0 spiro atoms. The van der Waals surface area contributed by atoms with Gasteiger partial charge in [-0.3, -0.25) is 14.0 Å². The summed E-state index contributed by atoms with van der Waals surface area (Å²) < 4.78 is 2.90. The Bertz CT molecular complexity index is 1630. The first-order valence-corrected chi connectivity index (χ1v) is 10.5. The minimum atomic E-state index is -0.208. The number of hydrogen-bond donors (Lipinski definition) is 0. The zero-order valence-electron chi connectivity index (χ0n) is 18.2. The third-order valence-corrected chi connectivity index (χ3v) is 5.70. The SMILES string of the molecule is Cc1ccc(C)c(-c2nn(Cc3cc(=O)n4ccc(C)cc4n3)c(=O)c3ccccc23)c1. The van der Waals surface area contributed by atoms with Gasteiger partial charge >= 0.3 is 0 Å². The van der Waals surface area contributed by atoms with Crippen LogP contribution in [0.1, 0.15) is 22.4 Å². The second kappa shape index (κ2) is 7.57. The molecule has 0 saturated carbocycles. The van der Waals surface area contributed by atoms with E-state index in [9.17, 15) is 9.59 Å². The molecule has 0 aliphatic carbocycles. The van der Waals surface area contributed by atoms with Crippen LogP contribution in [0.15, 0.2) is 76.4 Å². The highest BCUT2D eigenvalue weighted by molar-refractivity contribution is 5.94. The lowest BCUT2D eigenvalue weighted by atomic mass is 9.99. The molecule has 0 amide bonds. The van der Waals surface area contributed by atoms with E-state index in [0.29, 0.717) is 16.7 Å². The number of nitrogens with zero attached hydrogens (tertiary/aromatic N) is 4. The Morgan fingerprint density at radius 1 is 0.844 bits per heavy atom. The molecule has 0 N–H and O–H groups in total. The molecule has 6 heteroatoms. The first kappa shape index (κ1) is 19.9. The Morgan fingerprint density at radius 3 is 2.41 bits per heavy atom. The van der Waals surface area contributed by atoms with Gasteiger partial charge in [0.1, 0.15) is 5.65 Å². The minimum Gasteiger partial charge on any atom is -0.269 e. The molecule has 0 unspecified atom stereocenters. The van der Waals surface area contributed by atoms with Crippen LogP contribution < -0.4 is 11.1 Å². The second-order valence-electron chi connectivity index (χ2n) is 8.19. The Hall–Kier alpha value is -4.06. The van der Waals surface area contributed by atoms with Crippen molar-refractivity contribution in [1.29, 1.82) is 0 Å². The first-order chi connectivity index (χ1) is 15.4. The van der Waals surface area contributed by atoms with E-state index in [4.69, 9.17) is 5.10 Å². The molecular weight excluding hydrogens is 400 g/mol. The third kappa shape index (κ3) is 3.39. The monoisotopic (exact) mass is 422 g/mol. The number of aromatic nitrogens is 4. The van der Waals surface area contributed by atoms with Crippen molar-refractivity contribution in [3.8, 4) is 11.3 Å². The Kier molecular flexibility index (Phi) is 4.70. The fraction of sp³-hybridized carbons (Fsp3) is 0.154. The Morgan fingerprint density at radius 2 is 1.59 bits per heavy atom. The van der Waals surface area contributed by atoms with Gasteiger partial charge in [0.25, 0.3) is 11.1 Å². The highest BCUT2D eigenvalue weighted by Gasteiger charge is 2.15. The Labute approximate surface area is 184 Å². The predicted octanol–water partition coefficient (Wildman–Crippen LogP) is 4.04. The van der Waals surface area contributed by atoms with Crippen LogP contribution in [0.4, 0.5) is 0 Å². The predicted molar refractivity (Wildman–Crippen MR) is 126 cm³/mol. The van der Waals surface area contributed by atoms with Gasteiger partial charge in [0.2, 0.25) is 0 Å². The normalized spacial score (nSPS) is 11.3. The molecular formula is C26H22N4O2. The van der Waals surface area contributed by atoms with Crippen molar-refractivity contribution >= 4 is 16.4 Å². The molecule has 0 aliphatic rings. The zero-order valence-corrected chi connectivity index (χ0v) is 18.2. The molecule has 0 aliphatic heterocycles. The van der Waals surface area contributed by atoms with Crippen LogP contribution in [0, 0.1) is 20.8 Å². The van der Waals surface area contributed by atoms with Gasteiger partial charge in [-0.1, -0.05) is 35.9 Å². The van der Waals surface area contributed by atoms with Gasteiger partial charge in [-0.05, 0) is 56.2 Å². The summed E-state index contributed by atoms with van der Waals surface area (Å²) >= 11 is 0. The summed E-state index contributed by atoms with van der Waals surface area (Å²) in [6.07, 6.45) is 1.71. The van der Waals surface area contributed by atoms with Crippen LogP contribution in [0.2, 0.25) is 0 Å². The molecule has 158 valence electrons. The molecule has 0 atom stereocenters. The summed E-state index contributed by atoms with van der Waals surface area (Å²) in [5, 5.41) is 6.15. The third-order valence-electron chi connectivity index (χ3n) is 5.70. The van der Waals surface area contributed by atoms with Gasteiger partial charge in [-0.25, -0.2) is 9.67 Å². The molecule has 0 bridgehead atoms. The summed E-state index contributed by atoms with van der Waals surface area (Å²) in [6.45, 7) is 6.14. The van der Waals surface area contributed by atoms with Crippen LogP contribution in [0.3, 0.4) is 0 Å². The largest absolute Gasteiger partial charge is 0.275 e. The maximum absolute atomic E-state index is 13.3. The minimum absolute atomic E-state index is 0.112. The maximum Gasteiger partial charge on any atom is 0.275 e. The van der Waals surface area contributed by atoms with Crippen molar-refractivity contribution in [2.45, 2.75) is 27.3 Å². The van der Waals surface area contributed by atoms with Crippen LogP contribution in [-0.2, 0) is 6.54 Å². The van der Waals surface area contributed by atoms with Gasteiger partial charge < -0.3 is 0 Å². The van der Waals surface area contributed by atoms with Crippen LogP contribution in [-0.4, -0.2) is 19.2 Å². The van der Waals surface area contributed by atoms with Gasteiger partial charge in [0.15, 0.2) is 0 Å². The molecule has 0 fully saturated rings. The van der Waals surface area contributed by atoms with Crippen LogP contribution >= 0.6 is 0 Å². The van der Waals surface area contributed by atoms with Gasteiger partial charge in [-0.15, -0.1) is 0 Å². The molecule has 32 heavy (non-hydrogen) atoms. The fourth-order valence-electron chi connectivity index (χ4n) is 4.02. The van der Waals surface area contributed by atoms with E-state index in [1.807, 2.05) is 57.2 Å². The summed E-state index contributed by atoms with van der Waals surface area (Å²) in [5.41, 5.74) is 5.59. The van der Waals surface area contributed by atoms with Crippen molar-refractivity contribution in [2.75, 3.05) is 0 Å². The number of rotatable bonds is 3. The van der Waals surface area contributed by atoms with Crippen molar-refractivity contribution in [1.82, 2.24) is 19.2 Å². The number of fused-ring (bicyclic) bond motifs is 2. The fourth-order valence-corrected chi connectivity index (χ4v) is 4.02. The molecule has 6 nitrogen and oxygen atoms in total. The van der Waals surface area contributed by atoms with E-state index in [1.54, 1.807) is 6.20 Å². The summed E-state index contributed by atoms with van der Waals surface area (Å²) in [4.78, 5) is 30.5. The summed E-state index contributed by atoms with van der Waals surface area (Å²) in [7, 11) is 0. The first-order valence-electron chi connectivity index (χ1n) is 10.5. The van der Waals surface area contributed by atoms with Gasteiger partial charge in [0, 0.05) is 23.2 Å². The van der Waals surface area contributed by atoms with Gasteiger partial charge in [-0.2, -0.15) is 5.10 Å². The lowest BCUT2D eigenvalue weighted by Crippen LogP contribution is -2.26. The van der Waals surface area contributed by atoms with Crippen molar-refractivity contribution in [3.63, 3.8) is 0 Å². The summed E-state index contributed by atoms with van der Waals surface area (Å²) in [6, 6.07) is 18.9. The van der Waals surface area contributed by atoms with Crippen molar-refractivity contribution in [2.24, 2.45) is 0 Å². The average molecular weight is 422 g/mol. The lowest BCUT2D eigenvalue weighted by Gasteiger charge is -2.13. The number of hydrogen-bond acceptors (Lipinski definition) is 4. The summed E-state index contributed by atoms with van der Waals surface area (Å²) in [5.74, 6) is 0. The van der Waals surface area contributed by atoms with Crippen LogP contribution in [0.5, 0.6) is 0 Å². The van der Waals surface area contributed by atoms with Gasteiger partial charge in [0.05, 0.1) is 23.3 Å². The van der Waals surface area contributed by atoms with E-state index in [1.165, 1.54) is 15.1 Å². The highest BCUT2D eigenvalue weighted by Crippen LogP contribution is 2.28. The maximum atomic E-state index is 13.3. The van der Waals surface area contributed by atoms with E-state index in [0.717, 1.165) is 33.3 Å². The quantitative estimate of drug-likeness (QED) is 0.440. The molecule has 5 aromatic rings. The molecule has 3 heterocycles. The van der Waals surface area contributed by atoms with Crippen molar-refractivity contribution in [3.05, 3.63) is 110 Å². The highest BCUT2D eigenvalue weighted by atomic mass is 16.1. The molecule has 0 saturated heterocycles. The Balaban J connectivity index is 1.73. The second-order valence-corrected chi connectivity index (χ2v) is 8.19. The van der Waals surface area contributed by atoms with E-state index in [2.05, 4.69) is 23.2 Å². The lowest BCUT2D eigenvalue weighted by molar-refractivity contribution is 0.638. The number of benzene rings is 2. The van der Waals surface area contributed by atoms with Crippen LogP contribution in [0.25, 0.3) is 27.7 Å². The average Bonchev–Trinajstić information content (AvgIpc) is 2.77. The van der Waals surface area contributed by atoms with Crippen molar-refractivity contribution < 1.29 is 0 Å². The van der Waals surface area contributed by atoms with E-state index < -0.39 is 0 Å². The molecule has 3 aromatic heterocycles. The number of aryl methyl sites for hydroxylation is 3. The standard InChI is InChI=1S/C26H22N4O2/c1-16-8-9-18(3)22(12-16)25-20-6-4-5-7-21(20)26(32)30(28-25)15-19-14-24(31)29-11-10-17(2)13-23(29)27-19/h4-14H,15H2,1-3H3. The molecule has 0 radical (unpaired) electrons.